The molecule has 0 atom stereocenters. The minimum absolute atomic E-state index is 0. The monoisotopic (exact) mass is 517 g/mol. The maximum absolute atomic E-state index is 11.6. The fraction of sp³-hybridized carbons (Fsp3) is 0.714. The van der Waals surface area contributed by atoms with Crippen LogP contribution >= 0.6 is 24.0 Å². The predicted octanol–water partition coefficient (Wildman–Crippen LogP) is 2.52. The molecule has 0 spiro atoms. The lowest BCUT2D eigenvalue weighted by Gasteiger charge is -2.33. The molecule has 0 bridgehead atoms. The van der Waals surface area contributed by atoms with Crippen LogP contribution in [-0.2, 0) is 11.2 Å². The van der Waals surface area contributed by atoms with Gasteiger partial charge in [-0.1, -0.05) is 19.3 Å². The van der Waals surface area contributed by atoms with Crippen molar-refractivity contribution in [3.8, 4) is 0 Å². The fourth-order valence-corrected chi connectivity index (χ4v) is 4.02. The Morgan fingerprint density at radius 1 is 1.14 bits per heavy atom. The van der Waals surface area contributed by atoms with Gasteiger partial charge in [0.1, 0.15) is 5.76 Å². The molecule has 1 aliphatic carbocycles. The van der Waals surface area contributed by atoms with Gasteiger partial charge in [-0.3, -0.25) is 14.7 Å². The summed E-state index contributed by atoms with van der Waals surface area (Å²) in [5.41, 5.74) is 0. The van der Waals surface area contributed by atoms with Gasteiger partial charge in [0.2, 0.25) is 5.91 Å². The molecule has 1 saturated carbocycles. The van der Waals surface area contributed by atoms with Crippen LogP contribution in [0.15, 0.2) is 27.8 Å². The second kappa shape index (κ2) is 13.1. The summed E-state index contributed by atoms with van der Waals surface area (Å²) in [5.74, 6) is 2.00. The number of piperidine rings is 1. The largest absolute Gasteiger partial charge is 0.469 e. The molecule has 1 saturated heterocycles. The molecule has 29 heavy (non-hydrogen) atoms. The van der Waals surface area contributed by atoms with Gasteiger partial charge in [0.15, 0.2) is 5.96 Å². The van der Waals surface area contributed by atoms with Crippen molar-refractivity contribution in [3.05, 3.63) is 24.2 Å². The van der Waals surface area contributed by atoms with E-state index in [2.05, 4.69) is 20.9 Å². The minimum Gasteiger partial charge on any atom is -0.469 e. The van der Waals surface area contributed by atoms with E-state index in [9.17, 15) is 4.79 Å². The zero-order valence-electron chi connectivity index (χ0n) is 17.5. The molecular weight excluding hydrogens is 481 g/mol. The van der Waals surface area contributed by atoms with Crippen LogP contribution in [0, 0.1) is 0 Å². The van der Waals surface area contributed by atoms with Crippen LogP contribution in [0.5, 0.6) is 0 Å². The number of guanidine groups is 1. The van der Waals surface area contributed by atoms with Gasteiger partial charge in [-0.05, 0) is 37.8 Å². The highest BCUT2D eigenvalue weighted by Crippen LogP contribution is 2.17. The molecule has 1 aromatic heterocycles. The van der Waals surface area contributed by atoms with Gasteiger partial charge in [0.05, 0.1) is 12.8 Å². The lowest BCUT2D eigenvalue weighted by molar-refractivity contribution is -0.122. The molecule has 0 unspecified atom stereocenters. The molecular formula is C21H36IN5O2. The van der Waals surface area contributed by atoms with Crippen molar-refractivity contribution in [3.63, 3.8) is 0 Å². The molecule has 1 aromatic rings. The first-order valence-corrected chi connectivity index (χ1v) is 10.8. The van der Waals surface area contributed by atoms with E-state index in [1.807, 2.05) is 12.1 Å². The molecule has 2 aliphatic rings. The summed E-state index contributed by atoms with van der Waals surface area (Å²) in [6.07, 6.45) is 11.0. The van der Waals surface area contributed by atoms with Crippen molar-refractivity contribution in [1.29, 1.82) is 0 Å². The Labute approximate surface area is 191 Å². The first-order chi connectivity index (χ1) is 13.7. The van der Waals surface area contributed by atoms with Crippen molar-refractivity contribution in [2.45, 2.75) is 63.5 Å². The first-order valence-electron chi connectivity index (χ1n) is 10.8. The van der Waals surface area contributed by atoms with Crippen molar-refractivity contribution in [1.82, 2.24) is 20.9 Å². The molecule has 8 heteroatoms. The lowest BCUT2D eigenvalue weighted by Crippen LogP contribution is -2.52. The average Bonchev–Trinajstić information content (AvgIpc) is 3.23. The van der Waals surface area contributed by atoms with Crippen LogP contribution in [0.25, 0.3) is 0 Å². The second-order valence-corrected chi connectivity index (χ2v) is 7.91. The average molecular weight is 517 g/mol. The molecule has 3 N–H and O–H groups in total. The van der Waals surface area contributed by atoms with E-state index in [1.54, 1.807) is 13.3 Å². The van der Waals surface area contributed by atoms with Crippen LogP contribution in [0.4, 0.5) is 0 Å². The fourth-order valence-electron chi connectivity index (χ4n) is 4.02. The van der Waals surface area contributed by atoms with E-state index in [0.717, 1.165) is 44.1 Å². The van der Waals surface area contributed by atoms with E-state index < -0.39 is 0 Å². The van der Waals surface area contributed by atoms with Crippen LogP contribution < -0.4 is 16.0 Å². The Kier molecular flexibility index (Phi) is 10.8. The van der Waals surface area contributed by atoms with Gasteiger partial charge >= 0.3 is 0 Å². The number of hydrogen-bond acceptors (Lipinski definition) is 4. The highest BCUT2D eigenvalue weighted by atomic mass is 127. The van der Waals surface area contributed by atoms with Gasteiger partial charge in [0, 0.05) is 45.2 Å². The van der Waals surface area contributed by atoms with Crippen LogP contribution in [0.2, 0.25) is 0 Å². The minimum atomic E-state index is 0. The summed E-state index contributed by atoms with van der Waals surface area (Å²) in [6.45, 7) is 3.08. The van der Waals surface area contributed by atoms with Crippen molar-refractivity contribution in [2.24, 2.45) is 4.99 Å². The summed E-state index contributed by atoms with van der Waals surface area (Å²) in [7, 11) is 1.69. The molecule has 1 aliphatic heterocycles. The van der Waals surface area contributed by atoms with E-state index in [1.165, 1.54) is 32.1 Å². The summed E-state index contributed by atoms with van der Waals surface area (Å²) in [5, 5.41) is 10.0. The van der Waals surface area contributed by atoms with E-state index in [4.69, 9.17) is 9.41 Å². The zero-order chi connectivity index (χ0) is 19.6. The molecule has 3 rings (SSSR count). The highest BCUT2D eigenvalue weighted by Gasteiger charge is 2.22. The number of halogens is 1. The molecule has 1 amide bonds. The topological polar surface area (TPSA) is 81.9 Å². The first kappa shape index (κ1) is 24.0. The molecule has 7 nitrogen and oxygen atoms in total. The predicted molar refractivity (Wildman–Crippen MR) is 127 cm³/mol. The highest BCUT2D eigenvalue weighted by molar-refractivity contribution is 14.0. The molecule has 2 heterocycles. The van der Waals surface area contributed by atoms with Gasteiger partial charge in [-0.2, -0.15) is 0 Å². The van der Waals surface area contributed by atoms with Crippen LogP contribution in [0.3, 0.4) is 0 Å². The normalized spacial score (nSPS) is 19.4. The van der Waals surface area contributed by atoms with E-state index in [-0.39, 0.29) is 29.9 Å². The molecule has 0 aromatic carbocycles. The Hall–Kier alpha value is -1.29. The maximum Gasteiger partial charge on any atom is 0.233 e. The van der Waals surface area contributed by atoms with Crippen LogP contribution in [0.1, 0.15) is 50.7 Å². The van der Waals surface area contributed by atoms with Crippen molar-refractivity contribution in [2.75, 3.05) is 33.2 Å². The van der Waals surface area contributed by atoms with Gasteiger partial charge in [-0.15, -0.1) is 24.0 Å². The molecule has 164 valence electrons. The number of hydrogen-bond donors (Lipinski definition) is 3. The second-order valence-electron chi connectivity index (χ2n) is 7.91. The standard InChI is InChI=1S/C21H35N5O2.HI/c1-22-20(27)16-26-13-10-18(11-14-26)25-21(24-17-6-3-2-4-7-17)23-12-9-19-8-5-15-28-19;/h5,8,15,17-18H,2-4,6-7,9-14,16H2,1H3,(H,22,27)(H2,23,24,25);1H. The third kappa shape index (κ3) is 8.54. The Morgan fingerprint density at radius 3 is 2.45 bits per heavy atom. The van der Waals surface area contributed by atoms with Gasteiger partial charge in [0.25, 0.3) is 0 Å². The van der Waals surface area contributed by atoms with E-state index in [0.29, 0.717) is 25.2 Å². The number of likely N-dealkylation sites (tertiary alicyclic amines) is 1. The lowest BCUT2D eigenvalue weighted by atomic mass is 9.95. The maximum atomic E-state index is 11.6. The molecule has 2 fully saturated rings. The number of amides is 1. The Balaban J connectivity index is 0.00000300. The number of nitrogens with zero attached hydrogens (tertiary/aromatic N) is 2. The quantitative estimate of drug-likeness (QED) is 0.294. The number of furan rings is 1. The molecule has 0 radical (unpaired) electrons. The summed E-state index contributed by atoms with van der Waals surface area (Å²) in [4.78, 5) is 18.6. The summed E-state index contributed by atoms with van der Waals surface area (Å²) < 4.78 is 5.42. The number of aliphatic imine (C=N–C) groups is 1. The number of carbonyl (C=O) groups excluding carboxylic acids is 1. The van der Waals surface area contributed by atoms with Gasteiger partial charge in [-0.25, -0.2) is 0 Å². The Morgan fingerprint density at radius 2 is 1.83 bits per heavy atom. The SMILES string of the molecule is CNC(=O)CN1CCC(NC(=NCCc2ccco2)NC2CCCCC2)CC1.I. The van der Waals surface area contributed by atoms with Crippen molar-refractivity contribution >= 4 is 35.8 Å². The summed E-state index contributed by atoms with van der Waals surface area (Å²) in [6, 6.07) is 4.85. The number of nitrogens with one attached hydrogen (secondary N) is 3. The number of carbonyl (C=O) groups is 1. The summed E-state index contributed by atoms with van der Waals surface area (Å²) >= 11 is 0. The van der Waals surface area contributed by atoms with E-state index >= 15 is 0 Å². The van der Waals surface area contributed by atoms with Crippen LogP contribution in [-0.4, -0.2) is 62.1 Å². The zero-order valence-corrected chi connectivity index (χ0v) is 19.8. The third-order valence-electron chi connectivity index (χ3n) is 5.73. The van der Waals surface area contributed by atoms with Crippen molar-refractivity contribution < 1.29 is 9.21 Å². The third-order valence-corrected chi connectivity index (χ3v) is 5.73. The smallest absolute Gasteiger partial charge is 0.233 e. The Bertz CT molecular complexity index is 609. The number of rotatable bonds is 7. The van der Waals surface area contributed by atoms with Gasteiger partial charge < -0.3 is 20.4 Å². The number of likely N-dealkylation sites (N-methyl/N-ethyl adjacent to an activating group) is 1.